The van der Waals surface area contributed by atoms with E-state index in [4.69, 9.17) is 0 Å². The first kappa shape index (κ1) is 15.6. The second-order valence-electron chi connectivity index (χ2n) is 6.50. The van der Waals surface area contributed by atoms with Gasteiger partial charge in [-0.2, -0.15) is 0 Å². The first-order chi connectivity index (χ1) is 12.2. The minimum absolute atomic E-state index is 0.246. The molecule has 2 amide bonds. The maximum absolute atomic E-state index is 12.3. The van der Waals surface area contributed by atoms with Gasteiger partial charge < -0.3 is 15.2 Å². The van der Waals surface area contributed by atoms with E-state index < -0.39 is 0 Å². The summed E-state index contributed by atoms with van der Waals surface area (Å²) in [5, 5.41) is 16.4. The Morgan fingerprint density at radius 1 is 1.16 bits per heavy atom. The summed E-state index contributed by atoms with van der Waals surface area (Å²) in [5.41, 5.74) is 0.795. The van der Waals surface area contributed by atoms with Gasteiger partial charge in [-0.05, 0) is 24.3 Å². The molecule has 0 saturated heterocycles. The van der Waals surface area contributed by atoms with Crippen LogP contribution < -0.4 is 10.6 Å². The van der Waals surface area contributed by atoms with E-state index in [1.165, 1.54) is 19.3 Å². The fourth-order valence-corrected chi connectivity index (χ4v) is 3.21. The third-order valence-electron chi connectivity index (χ3n) is 4.91. The van der Waals surface area contributed by atoms with Gasteiger partial charge in [-0.1, -0.05) is 42.8 Å². The number of carbonyl (C=O) groups excluding carboxylic acids is 1. The number of benzene rings is 2. The summed E-state index contributed by atoms with van der Waals surface area (Å²) >= 11 is 0. The molecule has 4 rings (SSSR count). The number of carbonyl (C=O) groups is 1. The Balaban J connectivity index is 1.42. The van der Waals surface area contributed by atoms with Crippen LogP contribution in [0, 0.1) is 0 Å². The summed E-state index contributed by atoms with van der Waals surface area (Å²) in [6.45, 7) is 0.354. The molecule has 0 aliphatic heterocycles. The van der Waals surface area contributed by atoms with Gasteiger partial charge in [0.2, 0.25) is 0 Å². The van der Waals surface area contributed by atoms with Gasteiger partial charge in [0.15, 0.2) is 5.82 Å². The normalized spacial score (nSPS) is 14.3. The molecular weight excluding hydrogens is 314 g/mol. The summed E-state index contributed by atoms with van der Waals surface area (Å²) in [6.07, 6.45) is 3.63. The van der Waals surface area contributed by atoms with Crippen LogP contribution in [0.2, 0.25) is 0 Å². The molecule has 0 spiro atoms. The zero-order chi connectivity index (χ0) is 17.2. The number of anilines is 1. The van der Waals surface area contributed by atoms with Gasteiger partial charge in [0.1, 0.15) is 5.82 Å². The lowest BCUT2D eigenvalue weighted by molar-refractivity contribution is 0.251. The number of urea groups is 1. The molecule has 1 aliphatic rings. The molecule has 128 valence electrons. The van der Waals surface area contributed by atoms with Crippen LogP contribution in [0.5, 0.6) is 0 Å². The number of hydrogen-bond acceptors (Lipinski definition) is 3. The van der Waals surface area contributed by atoms with Crippen LogP contribution in [-0.2, 0) is 13.6 Å². The number of aromatic nitrogens is 3. The van der Waals surface area contributed by atoms with E-state index in [1.54, 1.807) is 0 Å². The van der Waals surface area contributed by atoms with Crippen molar-refractivity contribution in [2.45, 2.75) is 31.7 Å². The fraction of sp³-hybridized carbons (Fsp3) is 0.316. The Morgan fingerprint density at radius 2 is 1.96 bits per heavy atom. The van der Waals surface area contributed by atoms with Crippen LogP contribution in [0.4, 0.5) is 10.5 Å². The van der Waals surface area contributed by atoms with Crippen molar-refractivity contribution in [3.05, 3.63) is 54.1 Å². The van der Waals surface area contributed by atoms with Crippen LogP contribution in [0.25, 0.3) is 10.8 Å². The summed E-state index contributed by atoms with van der Waals surface area (Å²) in [6, 6.07) is 13.6. The Hall–Kier alpha value is -2.89. The number of rotatable bonds is 4. The molecule has 6 nitrogen and oxygen atoms in total. The molecule has 25 heavy (non-hydrogen) atoms. The second kappa shape index (κ2) is 6.55. The Bertz CT molecular complexity index is 908. The van der Waals surface area contributed by atoms with Crippen LogP contribution in [-0.4, -0.2) is 20.8 Å². The second-order valence-corrected chi connectivity index (χ2v) is 6.50. The van der Waals surface area contributed by atoms with Crippen molar-refractivity contribution >= 4 is 22.5 Å². The van der Waals surface area contributed by atoms with E-state index in [9.17, 15) is 4.79 Å². The first-order valence-electron chi connectivity index (χ1n) is 8.63. The first-order valence-corrected chi connectivity index (χ1v) is 8.63. The van der Waals surface area contributed by atoms with E-state index in [0.717, 1.165) is 28.1 Å². The zero-order valence-corrected chi connectivity index (χ0v) is 14.2. The number of nitrogens with zero attached hydrogens (tertiary/aromatic N) is 3. The predicted molar refractivity (Wildman–Crippen MR) is 97.4 cm³/mol. The van der Waals surface area contributed by atoms with Crippen LogP contribution in [0.1, 0.15) is 36.8 Å². The molecule has 3 aromatic rings. The molecule has 0 radical (unpaired) electrons. The highest BCUT2D eigenvalue weighted by molar-refractivity contribution is 6.01. The lowest BCUT2D eigenvalue weighted by atomic mass is 9.85. The molecule has 1 aliphatic carbocycles. The Labute approximate surface area is 146 Å². The van der Waals surface area contributed by atoms with Gasteiger partial charge in [0.05, 0.1) is 12.2 Å². The van der Waals surface area contributed by atoms with Crippen molar-refractivity contribution in [3.8, 4) is 0 Å². The smallest absolute Gasteiger partial charge is 0.319 e. The standard InChI is InChI=1S/C19H21N5O/c1-24-17(22-23-18(24)14-8-4-9-14)12-20-19(25)21-16-11-5-7-13-6-2-3-10-15(13)16/h2-3,5-7,10-11,14H,4,8-9,12H2,1H3,(H2,20,21,25). The quantitative estimate of drug-likeness (QED) is 0.766. The lowest BCUT2D eigenvalue weighted by Gasteiger charge is -2.24. The molecule has 2 aromatic carbocycles. The van der Waals surface area contributed by atoms with E-state index in [1.807, 2.05) is 54.1 Å². The van der Waals surface area contributed by atoms with Crippen molar-refractivity contribution in [1.82, 2.24) is 20.1 Å². The van der Waals surface area contributed by atoms with Crippen molar-refractivity contribution in [3.63, 3.8) is 0 Å². The minimum atomic E-state index is -0.246. The van der Waals surface area contributed by atoms with Crippen molar-refractivity contribution in [2.24, 2.45) is 7.05 Å². The highest BCUT2D eigenvalue weighted by atomic mass is 16.2. The van der Waals surface area contributed by atoms with Gasteiger partial charge in [-0.3, -0.25) is 0 Å². The highest BCUT2D eigenvalue weighted by Gasteiger charge is 2.25. The topological polar surface area (TPSA) is 71.8 Å². The van der Waals surface area contributed by atoms with Gasteiger partial charge in [-0.15, -0.1) is 10.2 Å². The summed E-state index contributed by atoms with van der Waals surface area (Å²) in [5.74, 6) is 2.32. The van der Waals surface area contributed by atoms with E-state index >= 15 is 0 Å². The Morgan fingerprint density at radius 3 is 2.76 bits per heavy atom. The van der Waals surface area contributed by atoms with Gasteiger partial charge in [-0.25, -0.2) is 4.79 Å². The lowest BCUT2D eigenvalue weighted by Crippen LogP contribution is -2.29. The third kappa shape index (κ3) is 3.07. The molecule has 0 unspecified atom stereocenters. The average Bonchev–Trinajstić information content (AvgIpc) is 2.93. The number of hydrogen-bond donors (Lipinski definition) is 2. The molecule has 1 heterocycles. The zero-order valence-electron chi connectivity index (χ0n) is 14.2. The van der Waals surface area contributed by atoms with Crippen molar-refractivity contribution in [2.75, 3.05) is 5.32 Å². The van der Waals surface area contributed by atoms with Crippen LogP contribution >= 0.6 is 0 Å². The van der Waals surface area contributed by atoms with Gasteiger partial charge >= 0.3 is 6.03 Å². The molecule has 1 fully saturated rings. The number of amides is 2. The molecule has 6 heteroatoms. The largest absolute Gasteiger partial charge is 0.331 e. The maximum atomic E-state index is 12.3. The summed E-state index contributed by atoms with van der Waals surface area (Å²) in [7, 11) is 1.97. The van der Waals surface area contributed by atoms with E-state index in [0.29, 0.717) is 12.5 Å². The van der Waals surface area contributed by atoms with E-state index in [-0.39, 0.29) is 6.03 Å². The third-order valence-corrected chi connectivity index (χ3v) is 4.91. The molecule has 1 saturated carbocycles. The fourth-order valence-electron chi connectivity index (χ4n) is 3.21. The summed E-state index contributed by atoms with van der Waals surface area (Å²) in [4.78, 5) is 12.3. The Kier molecular flexibility index (Phi) is 4.09. The van der Waals surface area contributed by atoms with Gasteiger partial charge in [0, 0.05) is 18.4 Å². The maximum Gasteiger partial charge on any atom is 0.319 e. The van der Waals surface area contributed by atoms with Gasteiger partial charge in [0.25, 0.3) is 0 Å². The van der Waals surface area contributed by atoms with Crippen LogP contribution in [0.15, 0.2) is 42.5 Å². The predicted octanol–water partition coefficient (Wildman–Crippen LogP) is 3.56. The average molecular weight is 335 g/mol. The number of nitrogens with one attached hydrogen (secondary N) is 2. The molecule has 1 aromatic heterocycles. The SMILES string of the molecule is Cn1c(CNC(=O)Nc2cccc3ccccc23)nnc1C1CCC1. The van der Waals surface area contributed by atoms with Crippen LogP contribution in [0.3, 0.4) is 0 Å². The molecule has 0 bridgehead atoms. The minimum Gasteiger partial charge on any atom is -0.331 e. The van der Waals surface area contributed by atoms with Crippen molar-refractivity contribution in [1.29, 1.82) is 0 Å². The van der Waals surface area contributed by atoms with E-state index in [2.05, 4.69) is 20.8 Å². The highest BCUT2D eigenvalue weighted by Crippen LogP contribution is 2.35. The summed E-state index contributed by atoms with van der Waals surface area (Å²) < 4.78 is 2.00. The molecular formula is C19H21N5O. The monoisotopic (exact) mass is 335 g/mol. The van der Waals surface area contributed by atoms with Crippen molar-refractivity contribution < 1.29 is 4.79 Å². The number of fused-ring (bicyclic) bond motifs is 1. The molecule has 0 atom stereocenters. The molecule has 2 N–H and O–H groups in total.